The van der Waals surface area contributed by atoms with Crippen LogP contribution in [-0.4, -0.2) is 19.6 Å². The van der Waals surface area contributed by atoms with E-state index in [1.807, 2.05) is 20.8 Å². The fourth-order valence-corrected chi connectivity index (χ4v) is 4.11. The Labute approximate surface area is 126 Å². The van der Waals surface area contributed by atoms with Crippen molar-refractivity contribution in [1.29, 1.82) is 0 Å². The first-order valence-corrected chi connectivity index (χ1v) is 8.63. The van der Waals surface area contributed by atoms with Crippen LogP contribution in [0.5, 0.6) is 0 Å². The lowest BCUT2D eigenvalue weighted by Crippen LogP contribution is -2.37. The molecule has 0 fully saturated rings. The molecule has 0 heterocycles. The molecule has 1 atom stereocenters. The lowest BCUT2D eigenvalue weighted by Gasteiger charge is -2.22. The topological polar surface area (TPSA) is 66.4 Å². The van der Waals surface area contributed by atoms with Crippen LogP contribution in [0.25, 0.3) is 0 Å². The maximum atomic E-state index is 12.4. The molecule has 0 spiro atoms. The normalized spacial score (nSPS) is 13.7. The van der Waals surface area contributed by atoms with Gasteiger partial charge in [-0.3, -0.25) is 0 Å². The van der Waals surface area contributed by atoms with Gasteiger partial charge in [-0.05, 0) is 30.5 Å². The van der Waals surface area contributed by atoms with E-state index < -0.39 is 10.0 Å². The number of aliphatic hydroxyl groups excluding tert-OH is 1. The highest BCUT2D eigenvalue weighted by Crippen LogP contribution is 2.24. The highest BCUT2D eigenvalue weighted by Gasteiger charge is 2.24. The second-order valence-electron chi connectivity index (χ2n) is 4.91. The maximum Gasteiger partial charge on any atom is 0.242 e. The quantitative estimate of drug-likeness (QED) is 0.812. The van der Waals surface area contributed by atoms with Gasteiger partial charge in [0.05, 0.1) is 11.6 Å². The molecule has 1 rings (SSSR count). The number of nitrogens with one attached hydrogen (secondary N) is 1. The van der Waals surface area contributed by atoms with Crippen molar-refractivity contribution in [3.05, 3.63) is 28.8 Å². The third kappa shape index (κ3) is 4.19. The Balaban J connectivity index is 3.05. The van der Waals surface area contributed by atoms with E-state index in [0.717, 1.165) is 12.8 Å². The van der Waals surface area contributed by atoms with Crippen LogP contribution >= 0.6 is 11.6 Å². The largest absolute Gasteiger partial charge is 0.392 e. The summed E-state index contributed by atoms with van der Waals surface area (Å²) in [5, 5.41) is 9.27. The van der Waals surface area contributed by atoms with Gasteiger partial charge < -0.3 is 5.11 Å². The van der Waals surface area contributed by atoms with Gasteiger partial charge in [-0.1, -0.05) is 44.4 Å². The first-order valence-electron chi connectivity index (χ1n) is 6.77. The summed E-state index contributed by atoms with van der Waals surface area (Å²) in [5.74, 6) is 0.282. The summed E-state index contributed by atoms with van der Waals surface area (Å²) in [6, 6.07) is 4.34. The Morgan fingerprint density at radius 2 is 1.90 bits per heavy atom. The number of aliphatic hydroxyl groups is 1. The van der Waals surface area contributed by atoms with Gasteiger partial charge >= 0.3 is 0 Å². The lowest BCUT2D eigenvalue weighted by atomic mass is 9.96. The molecule has 0 bridgehead atoms. The summed E-state index contributed by atoms with van der Waals surface area (Å²) in [7, 11) is -3.68. The monoisotopic (exact) mass is 319 g/mol. The predicted molar refractivity (Wildman–Crippen MR) is 81.2 cm³/mol. The van der Waals surface area contributed by atoms with Crippen LogP contribution in [0.15, 0.2) is 23.1 Å². The molecule has 6 heteroatoms. The number of halogens is 1. The Kier molecular flexibility index (Phi) is 6.45. The van der Waals surface area contributed by atoms with Crippen molar-refractivity contribution in [2.75, 3.05) is 0 Å². The zero-order valence-corrected chi connectivity index (χ0v) is 13.6. The van der Waals surface area contributed by atoms with Gasteiger partial charge in [-0.2, -0.15) is 0 Å². The van der Waals surface area contributed by atoms with E-state index in [2.05, 4.69) is 4.72 Å². The summed E-state index contributed by atoms with van der Waals surface area (Å²) in [5.41, 5.74) is 0.518. The van der Waals surface area contributed by atoms with Crippen LogP contribution in [0.1, 0.15) is 39.2 Å². The van der Waals surface area contributed by atoms with Gasteiger partial charge in [0.2, 0.25) is 10.0 Å². The smallest absolute Gasteiger partial charge is 0.242 e. The molecule has 1 unspecified atom stereocenters. The maximum absolute atomic E-state index is 12.4. The highest BCUT2D eigenvalue weighted by molar-refractivity contribution is 7.89. The molecule has 0 aliphatic heterocycles. The molecule has 0 saturated carbocycles. The molecule has 0 amide bonds. The van der Waals surface area contributed by atoms with Gasteiger partial charge in [-0.15, -0.1) is 0 Å². The molecule has 1 aromatic carbocycles. The van der Waals surface area contributed by atoms with Crippen molar-refractivity contribution in [3.8, 4) is 0 Å². The molecular formula is C14H22ClNO3S. The van der Waals surface area contributed by atoms with E-state index in [1.165, 1.54) is 12.1 Å². The van der Waals surface area contributed by atoms with Crippen LogP contribution in [0.2, 0.25) is 5.02 Å². The number of rotatable bonds is 7. The second-order valence-corrected chi connectivity index (χ2v) is 7.00. The molecule has 4 nitrogen and oxygen atoms in total. The fraction of sp³-hybridized carbons (Fsp3) is 0.571. The summed E-state index contributed by atoms with van der Waals surface area (Å²) < 4.78 is 27.5. The summed E-state index contributed by atoms with van der Waals surface area (Å²) in [6.45, 7) is 5.72. The van der Waals surface area contributed by atoms with Crippen molar-refractivity contribution in [2.24, 2.45) is 5.92 Å². The zero-order chi connectivity index (χ0) is 15.3. The standard InChI is InChI=1S/C14H22ClNO3S/c1-4-12(5-2)10(3)16-20(18,19)14-8-11(9-17)6-7-13(14)15/h6-8,10,12,16-17H,4-5,9H2,1-3H3. The van der Waals surface area contributed by atoms with Crippen LogP contribution in [0.3, 0.4) is 0 Å². The van der Waals surface area contributed by atoms with Gasteiger partial charge in [-0.25, -0.2) is 13.1 Å². The first kappa shape index (κ1) is 17.4. The summed E-state index contributed by atoms with van der Waals surface area (Å²) in [4.78, 5) is 0.0172. The predicted octanol–water partition coefficient (Wildman–Crippen LogP) is 2.94. The van der Waals surface area contributed by atoms with Crippen molar-refractivity contribution in [3.63, 3.8) is 0 Å². The van der Waals surface area contributed by atoms with Crippen molar-refractivity contribution >= 4 is 21.6 Å². The number of sulfonamides is 1. The number of benzene rings is 1. The van der Waals surface area contributed by atoms with Gasteiger partial charge in [0.15, 0.2) is 0 Å². The Hall–Kier alpha value is -0.620. The molecule has 0 saturated heterocycles. The Morgan fingerprint density at radius 1 is 1.30 bits per heavy atom. The molecule has 2 N–H and O–H groups in total. The second kappa shape index (κ2) is 7.41. The minimum absolute atomic E-state index is 0.0172. The van der Waals surface area contributed by atoms with E-state index in [9.17, 15) is 8.42 Å². The molecular weight excluding hydrogens is 298 g/mol. The van der Waals surface area contributed by atoms with Gasteiger partial charge in [0.1, 0.15) is 4.90 Å². The van der Waals surface area contributed by atoms with Crippen molar-refractivity contribution in [2.45, 2.75) is 51.2 Å². The molecule has 0 aromatic heterocycles. The molecule has 0 aliphatic carbocycles. The van der Waals surface area contributed by atoms with Crippen LogP contribution in [0, 0.1) is 5.92 Å². The average molecular weight is 320 g/mol. The SMILES string of the molecule is CCC(CC)C(C)NS(=O)(=O)c1cc(CO)ccc1Cl. The van der Waals surface area contributed by atoms with E-state index in [0.29, 0.717) is 5.56 Å². The first-order chi connectivity index (χ1) is 9.35. The van der Waals surface area contributed by atoms with E-state index in [-0.39, 0.29) is 28.5 Å². The fourth-order valence-electron chi connectivity index (χ4n) is 2.25. The summed E-state index contributed by atoms with van der Waals surface area (Å²) in [6.07, 6.45) is 1.81. The van der Waals surface area contributed by atoms with E-state index >= 15 is 0 Å². The zero-order valence-electron chi connectivity index (χ0n) is 12.1. The molecule has 114 valence electrons. The number of hydrogen-bond donors (Lipinski definition) is 2. The number of hydrogen-bond acceptors (Lipinski definition) is 3. The summed E-state index contributed by atoms with van der Waals surface area (Å²) >= 11 is 5.97. The highest BCUT2D eigenvalue weighted by atomic mass is 35.5. The van der Waals surface area contributed by atoms with Crippen molar-refractivity contribution < 1.29 is 13.5 Å². The third-order valence-electron chi connectivity index (χ3n) is 3.56. The minimum atomic E-state index is -3.68. The van der Waals surface area contributed by atoms with E-state index in [1.54, 1.807) is 6.07 Å². The van der Waals surface area contributed by atoms with Gasteiger partial charge in [0.25, 0.3) is 0 Å². The molecule has 0 radical (unpaired) electrons. The van der Waals surface area contributed by atoms with Crippen LogP contribution in [-0.2, 0) is 16.6 Å². The average Bonchev–Trinajstić information content (AvgIpc) is 2.39. The van der Waals surface area contributed by atoms with Crippen LogP contribution in [0.4, 0.5) is 0 Å². The molecule has 0 aliphatic rings. The molecule has 1 aromatic rings. The van der Waals surface area contributed by atoms with Gasteiger partial charge in [0, 0.05) is 6.04 Å². The van der Waals surface area contributed by atoms with E-state index in [4.69, 9.17) is 16.7 Å². The molecule has 20 heavy (non-hydrogen) atoms. The Bertz CT molecular complexity index is 541. The van der Waals surface area contributed by atoms with Crippen molar-refractivity contribution in [1.82, 2.24) is 4.72 Å². The third-order valence-corrected chi connectivity index (χ3v) is 5.61. The van der Waals surface area contributed by atoms with Crippen LogP contribution < -0.4 is 4.72 Å². The minimum Gasteiger partial charge on any atom is -0.392 e. The Morgan fingerprint density at radius 3 is 2.40 bits per heavy atom. The lowest BCUT2D eigenvalue weighted by molar-refractivity contribution is 0.281.